The van der Waals surface area contributed by atoms with Crippen LogP contribution in [0, 0.1) is 0 Å². The van der Waals surface area contributed by atoms with E-state index in [0.717, 1.165) is 12.0 Å². The highest BCUT2D eigenvalue weighted by molar-refractivity contribution is 7.90. The smallest absolute Gasteiger partial charge is 0.154 e. The summed E-state index contributed by atoms with van der Waals surface area (Å²) >= 11 is 5.79. The van der Waals surface area contributed by atoms with Crippen LogP contribution in [-0.2, 0) is 15.6 Å². The predicted octanol–water partition coefficient (Wildman–Crippen LogP) is 1.99. The maximum Gasteiger partial charge on any atom is 0.154 e. The van der Waals surface area contributed by atoms with Gasteiger partial charge in [-0.1, -0.05) is 23.7 Å². The van der Waals surface area contributed by atoms with Crippen LogP contribution in [0.2, 0.25) is 5.02 Å². The second-order valence-electron chi connectivity index (χ2n) is 3.72. The van der Waals surface area contributed by atoms with Gasteiger partial charge in [0.2, 0.25) is 0 Å². The zero-order valence-corrected chi connectivity index (χ0v) is 10.6. The van der Waals surface area contributed by atoms with Gasteiger partial charge in [-0.25, -0.2) is 8.42 Å². The third-order valence-corrected chi connectivity index (χ3v) is 4.10. The van der Waals surface area contributed by atoms with Gasteiger partial charge in [0.25, 0.3) is 0 Å². The highest BCUT2D eigenvalue weighted by Crippen LogP contribution is 2.14. The van der Waals surface area contributed by atoms with Crippen LogP contribution in [0.4, 0.5) is 0 Å². The Morgan fingerprint density at radius 2 is 2.00 bits per heavy atom. The molecule has 0 aliphatic rings. The standard InChI is InChI=1S/C11H16ClNO2S/c12-11-5-3-4-10(8-11)9-16(14,15)7-2-1-6-13/h3-5,8H,1-2,6-7,9,13H2. The molecule has 0 bridgehead atoms. The number of sulfone groups is 1. The minimum absolute atomic E-state index is 0.0537. The molecule has 16 heavy (non-hydrogen) atoms. The van der Waals surface area contributed by atoms with Crippen molar-refractivity contribution in [1.82, 2.24) is 0 Å². The zero-order chi connectivity index (χ0) is 12.0. The number of hydrogen-bond acceptors (Lipinski definition) is 3. The van der Waals surface area contributed by atoms with Crippen molar-refractivity contribution < 1.29 is 8.42 Å². The van der Waals surface area contributed by atoms with E-state index in [2.05, 4.69) is 0 Å². The molecule has 0 aliphatic heterocycles. The number of halogens is 1. The van der Waals surface area contributed by atoms with Crippen LogP contribution in [0.25, 0.3) is 0 Å². The number of hydrogen-bond donors (Lipinski definition) is 1. The van der Waals surface area contributed by atoms with Crippen molar-refractivity contribution in [2.24, 2.45) is 5.73 Å². The quantitative estimate of drug-likeness (QED) is 0.797. The molecule has 2 N–H and O–H groups in total. The third-order valence-electron chi connectivity index (χ3n) is 2.19. The summed E-state index contributed by atoms with van der Waals surface area (Å²) in [5.74, 6) is 0.245. The van der Waals surface area contributed by atoms with E-state index in [0.29, 0.717) is 18.0 Å². The molecule has 0 atom stereocenters. The van der Waals surface area contributed by atoms with Gasteiger partial charge in [0.05, 0.1) is 11.5 Å². The van der Waals surface area contributed by atoms with Gasteiger partial charge >= 0.3 is 0 Å². The molecule has 0 radical (unpaired) electrons. The van der Waals surface area contributed by atoms with E-state index >= 15 is 0 Å². The Labute approximate surface area is 102 Å². The lowest BCUT2D eigenvalue weighted by atomic mass is 10.2. The Morgan fingerprint density at radius 1 is 1.25 bits per heavy atom. The summed E-state index contributed by atoms with van der Waals surface area (Å²) in [6.07, 6.45) is 1.37. The van der Waals surface area contributed by atoms with Crippen molar-refractivity contribution >= 4 is 21.4 Å². The van der Waals surface area contributed by atoms with Gasteiger partial charge in [0.1, 0.15) is 0 Å². The van der Waals surface area contributed by atoms with Gasteiger partial charge in [-0.3, -0.25) is 0 Å². The van der Waals surface area contributed by atoms with Gasteiger partial charge in [-0.2, -0.15) is 0 Å². The van der Waals surface area contributed by atoms with E-state index in [1.165, 1.54) is 0 Å². The molecule has 3 nitrogen and oxygen atoms in total. The first kappa shape index (κ1) is 13.5. The molecule has 5 heteroatoms. The fourth-order valence-corrected chi connectivity index (χ4v) is 3.11. The van der Waals surface area contributed by atoms with Crippen LogP contribution >= 0.6 is 11.6 Å². The third kappa shape index (κ3) is 4.96. The van der Waals surface area contributed by atoms with Crippen LogP contribution < -0.4 is 5.73 Å². The lowest BCUT2D eigenvalue weighted by Gasteiger charge is -2.04. The average molecular weight is 262 g/mol. The number of rotatable bonds is 6. The highest BCUT2D eigenvalue weighted by Gasteiger charge is 2.11. The van der Waals surface area contributed by atoms with E-state index in [9.17, 15) is 8.42 Å². The molecular weight excluding hydrogens is 246 g/mol. The minimum atomic E-state index is -3.04. The van der Waals surface area contributed by atoms with Crippen LogP contribution in [0.3, 0.4) is 0 Å². The molecule has 1 rings (SSSR count). The van der Waals surface area contributed by atoms with E-state index in [1.807, 2.05) is 0 Å². The summed E-state index contributed by atoms with van der Waals surface area (Å²) in [6, 6.07) is 6.94. The molecule has 0 unspecified atom stereocenters. The first-order valence-electron chi connectivity index (χ1n) is 5.18. The second-order valence-corrected chi connectivity index (χ2v) is 6.34. The molecule has 0 heterocycles. The summed E-state index contributed by atoms with van der Waals surface area (Å²) < 4.78 is 23.4. The van der Waals surface area contributed by atoms with Gasteiger partial charge in [-0.15, -0.1) is 0 Å². The molecule has 0 saturated carbocycles. The van der Waals surface area contributed by atoms with Crippen molar-refractivity contribution in [3.05, 3.63) is 34.9 Å². The lowest BCUT2D eigenvalue weighted by molar-refractivity contribution is 0.591. The number of unbranched alkanes of at least 4 members (excludes halogenated alkanes) is 1. The van der Waals surface area contributed by atoms with Crippen molar-refractivity contribution in [3.63, 3.8) is 0 Å². The second kappa shape index (κ2) is 6.23. The van der Waals surface area contributed by atoms with E-state index in [-0.39, 0.29) is 11.5 Å². The minimum Gasteiger partial charge on any atom is -0.330 e. The van der Waals surface area contributed by atoms with Gasteiger partial charge < -0.3 is 5.73 Å². The maximum atomic E-state index is 11.7. The molecule has 1 aromatic carbocycles. The monoisotopic (exact) mass is 261 g/mol. The molecule has 0 saturated heterocycles. The zero-order valence-electron chi connectivity index (χ0n) is 9.02. The van der Waals surface area contributed by atoms with Crippen molar-refractivity contribution in [2.75, 3.05) is 12.3 Å². The highest BCUT2D eigenvalue weighted by atomic mass is 35.5. The summed E-state index contributed by atoms with van der Waals surface area (Å²) in [4.78, 5) is 0. The Kier molecular flexibility index (Phi) is 5.25. The number of nitrogens with two attached hydrogens (primary N) is 1. The SMILES string of the molecule is NCCCCS(=O)(=O)Cc1cccc(Cl)c1. The van der Waals surface area contributed by atoms with Crippen molar-refractivity contribution in [1.29, 1.82) is 0 Å². The first-order chi connectivity index (χ1) is 7.53. The average Bonchev–Trinajstić information content (AvgIpc) is 2.17. The van der Waals surface area contributed by atoms with Crippen LogP contribution in [0.5, 0.6) is 0 Å². The fourth-order valence-electron chi connectivity index (χ4n) is 1.42. The largest absolute Gasteiger partial charge is 0.330 e. The predicted molar refractivity (Wildman–Crippen MR) is 67.2 cm³/mol. The molecular formula is C11H16ClNO2S. The van der Waals surface area contributed by atoms with E-state index < -0.39 is 9.84 Å². The Hall–Kier alpha value is -0.580. The summed E-state index contributed by atoms with van der Waals surface area (Å²) in [5, 5.41) is 0.564. The molecule has 0 aromatic heterocycles. The maximum absolute atomic E-state index is 11.7. The topological polar surface area (TPSA) is 60.2 Å². The van der Waals surface area contributed by atoms with Gasteiger partial charge in [0, 0.05) is 5.02 Å². The molecule has 1 aromatic rings. The summed E-state index contributed by atoms with van der Waals surface area (Å²) in [5.41, 5.74) is 6.05. The fraction of sp³-hybridized carbons (Fsp3) is 0.455. The lowest BCUT2D eigenvalue weighted by Crippen LogP contribution is -2.11. The molecule has 0 amide bonds. The van der Waals surface area contributed by atoms with Crippen LogP contribution in [-0.4, -0.2) is 20.7 Å². The van der Waals surface area contributed by atoms with E-state index in [1.54, 1.807) is 24.3 Å². The van der Waals surface area contributed by atoms with Crippen molar-refractivity contribution in [2.45, 2.75) is 18.6 Å². The molecule has 90 valence electrons. The first-order valence-corrected chi connectivity index (χ1v) is 7.38. The van der Waals surface area contributed by atoms with Crippen LogP contribution in [0.1, 0.15) is 18.4 Å². The molecule has 0 fully saturated rings. The van der Waals surface area contributed by atoms with Crippen LogP contribution in [0.15, 0.2) is 24.3 Å². The molecule has 0 aliphatic carbocycles. The summed E-state index contributed by atoms with van der Waals surface area (Å²) in [7, 11) is -3.04. The molecule has 0 spiro atoms. The summed E-state index contributed by atoms with van der Waals surface area (Å²) in [6.45, 7) is 0.534. The van der Waals surface area contributed by atoms with E-state index in [4.69, 9.17) is 17.3 Å². The Balaban J connectivity index is 2.59. The normalized spacial score (nSPS) is 11.6. The Bertz CT molecular complexity index is 431. The van der Waals surface area contributed by atoms with Gasteiger partial charge in [0.15, 0.2) is 9.84 Å². The number of benzene rings is 1. The van der Waals surface area contributed by atoms with Gasteiger partial charge in [-0.05, 0) is 37.1 Å². The Morgan fingerprint density at radius 3 is 2.62 bits per heavy atom. The van der Waals surface area contributed by atoms with Crippen molar-refractivity contribution in [3.8, 4) is 0 Å².